The van der Waals surface area contributed by atoms with E-state index in [0.29, 0.717) is 30.2 Å². The van der Waals surface area contributed by atoms with Crippen LogP contribution in [0.4, 0.5) is 0 Å². The summed E-state index contributed by atoms with van der Waals surface area (Å²) in [6, 6.07) is 9.03. The lowest BCUT2D eigenvalue weighted by atomic mass is 9.70. The molecule has 4 heterocycles. The van der Waals surface area contributed by atoms with Crippen LogP contribution in [-0.2, 0) is 24.8 Å². The fourth-order valence-electron chi connectivity index (χ4n) is 6.07. The molecule has 1 aromatic heterocycles. The Morgan fingerprint density at radius 1 is 1.23 bits per heavy atom. The second-order valence-electron chi connectivity index (χ2n) is 9.33. The smallest absolute Gasteiger partial charge is 0.223 e. The predicted octanol–water partition coefficient (Wildman–Crippen LogP) is 2.87. The van der Waals surface area contributed by atoms with E-state index in [0.717, 1.165) is 44.6 Å². The van der Waals surface area contributed by atoms with Crippen molar-refractivity contribution in [2.24, 2.45) is 18.9 Å². The quantitative estimate of drug-likeness (QED) is 0.763. The Balaban J connectivity index is 1.41. The number of carbonyl (C=O) groups is 1. The number of likely N-dealkylation sites (tertiary alicyclic amines) is 1. The van der Waals surface area contributed by atoms with Crippen LogP contribution in [0.1, 0.15) is 36.9 Å². The van der Waals surface area contributed by atoms with Crippen LogP contribution >= 0.6 is 0 Å². The molecule has 30 heavy (non-hydrogen) atoms. The highest BCUT2D eigenvalue weighted by atomic mass is 16.5. The van der Waals surface area contributed by atoms with Crippen LogP contribution in [-0.4, -0.2) is 57.5 Å². The molecule has 3 saturated heterocycles. The molecule has 1 aromatic carbocycles. The fraction of sp³-hybridized carbons (Fsp3) is 0.583. The largest absolute Gasteiger partial charge is 0.497 e. The molecule has 3 aliphatic rings. The summed E-state index contributed by atoms with van der Waals surface area (Å²) in [6.07, 6.45) is 8.92. The molecule has 2 bridgehead atoms. The van der Waals surface area contributed by atoms with Crippen molar-refractivity contribution in [3.63, 3.8) is 0 Å². The van der Waals surface area contributed by atoms with Gasteiger partial charge in [-0.2, -0.15) is 0 Å². The molecule has 0 radical (unpaired) electrons. The van der Waals surface area contributed by atoms with Crippen molar-refractivity contribution in [2.75, 3.05) is 20.2 Å². The average molecular weight is 409 g/mol. The van der Waals surface area contributed by atoms with Gasteiger partial charge >= 0.3 is 0 Å². The molecular formula is C24H32N4O2. The number of aryl methyl sites for hydroxylation is 1. The number of amides is 1. The zero-order valence-corrected chi connectivity index (χ0v) is 18.0. The number of imidazole rings is 1. The number of piperidine rings is 3. The lowest BCUT2D eigenvalue weighted by molar-refractivity contribution is -0.152. The van der Waals surface area contributed by atoms with Gasteiger partial charge in [0.25, 0.3) is 0 Å². The van der Waals surface area contributed by atoms with Gasteiger partial charge in [0.15, 0.2) is 0 Å². The molecule has 4 atom stereocenters. The SMILES string of the molecule is COc1cccc(C[C@H]2[C@H]3C[C@H](CN(Cc4cncn4C)C3)[C@@H]3CCCC(=O)N32)c1. The number of ether oxygens (including phenoxy) is 1. The number of carbonyl (C=O) groups excluding carboxylic acids is 1. The van der Waals surface area contributed by atoms with E-state index in [9.17, 15) is 4.79 Å². The van der Waals surface area contributed by atoms with Crippen molar-refractivity contribution in [3.05, 3.63) is 48.0 Å². The zero-order chi connectivity index (χ0) is 20.7. The summed E-state index contributed by atoms with van der Waals surface area (Å²) in [7, 11) is 3.78. The number of rotatable bonds is 5. The number of hydrogen-bond donors (Lipinski definition) is 0. The highest BCUT2D eigenvalue weighted by molar-refractivity contribution is 5.78. The third-order valence-electron chi connectivity index (χ3n) is 7.45. The summed E-state index contributed by atoms with van der Waals surface area (Å²) < 4.78 is 7.56. The maximum Gasteiger partial charge on any atom is 0.223 e. The summed E-state index contributed by atoms with van der Waals surface area (Å²) in [5.41, 5.74) is 2.52. The first kappa shape index (κ1) is 19.6. The van der Waals surface area contributed by atoms with Crippen LogP contribution < -0.4 is 4.74 Å². The summed E-state index contributed by atoms with van der Waals surface area (Å²) in [6.45, 7) is 3.07. The minimum Gasteiger partial charge on any atom is -0.497 e. The van der Waals surface area contributed by atoms with Crippen LogP contribution in [0, 0.1) is 11.8 Å². The molecule has 6 heteroatoms. The van der Waals surface area contributed by atoms with Crippen molar-refractivity contribution in [1.29, 1.82) is 0 Å². The van der Waals surface area contributed by atoms with Gasteiger partial charge in [-0.15, -0.1) is 0 Å². The second-order valence-corrected chi connectivity index (χ2v) is 9.33. The van der Waals surface area contributed by atoms with Crippen LogP contribution in [0.2, 0.25) is 0 Å². The van der Waals surface area contributed by atoms with E-state index in [1.165, 1.54) is 17.7 Å². The third-order valence-corrected chi connectivity index (χ3v) is 7.45. The molecule has 3 fully saturated rings. The molecular weight excluding hydrogens is 376 g/mol. The average Bonchev–Trinajstić information content (AvgIpc) is 3.15. The first-order valence-electron chi connectivity index (χ1n) is 11.2. The maximum atomic E-state index is 13.0. The minimum absolute atomic E-state index is 0.278. The first-order chi connectivity index (χ1) is 14.6. The Hall–Kier alpha value is -2.34. The monoisotopic (exact) mass is 408 g/mol. The topological polar surface area (TPSA) is 50.6 Å². The number of nitrogens with zero attached hydrogens (tertiary/aromatic N) is 4. The second kappa shape index (κ2) is 8.06. The van der Waals surface area contributed by atoms with Gasteiger partial charge < -0.3 is 14.2 Å². The van der Waals surface area contributed by atoms with Gasteiger partial charge in [-0.05, 0) is 55.2 Å². The predicted molar refractivity (Wildman–Crippen MR) is 115 cm³/mol. The number of aromatic nitrogens is 2. The van der Waals surface area contributed by atoms with E-state index in [2.05, 4.69) is 44.6 Å². The highest BCUT2D eigenvalue weighted by Gasteiger charge is 2.49. The lowest BCUT2D eigenvalue weighted by Gasteiger charge is -2.56. The van der Waals surface area contributed by atoms with Gasteiger partial charge in [0.2, 0.25) is 5.91 Å². The minimum atomic E-state index is 0.278. The molecule has 1 amide bonds. The van der Waals surface area contributed by atoms with Gasteiger partial charge in [0, 0.05) is 51.4 Å². The van der Waals surface area contributed by atoms with Crippen molar-refractivity contribution in [1.82, 2.24) is 19.4 Å². The van der Waals surface area contributed by atoms with E-state index in [-0.39, 0.29) is 6.04 Å². The van der Waals surface area contributed by atoms with E-state index in [1.54, 1.807) is 7.11 Å². The van der Waals surface area contributed by atoms with Crippen molar-refractivity contribution >= 4 is 5.91 Å². The molecule has 0 unspecified atom stereocenters. The Morgan fingerprint density at radius 3 is 2.90 bits per heavy atom. The van der Waals surface area contributed by atoms with Gasteiger partial charge in [0.1, 0.15) is 5.75 Å². The summed E-state index contributed by atoms with van der Waals surface area (Å²) in [4.78, 5) is 22.2. The molecule has 160 valence electrons. The molecule has 0 N–H and O–H groups in total. The van der Waals surface area contributed by atoms with E-state index in [1.807, 2.05) is 18.6 Å². The summed E-state index contributed by atoms with van der Waals surface area (Å²) >= 11 is 0. The first-order valence-corrected chi connectivity index (χ1v) is 11.2. The van der Waals surface area contributed by atoms with Crippen molar-refractivity contribution in [2.45, 2.75) is 50.7 Å². The Morgan fingerprint density at radius 2 is 2.10 bits per heavy atom. The zero-order valence-electron chi connectivity index (χ0n) is 18.0. The van der Waals surface area contributed by atoms with Gasteiger partial charge in [0.05, 0.1) is 19.1 Å². The van der Waals surface area contributed by atoms with Gasteiger partial charge in [-0.3, -0.25) is 9.69 Å². The Bertz CT molecular complexity index is 910. The van der Waals surface area contributed by atoms with Crippen LogP contribution in [0.25, 0.3) is 0 Å². The summed E-state index contributed by atoms with van der Waals surface area (Å²) in [5, 5.41) is 0. The van der Waals surface area contributed by atoms with Crippen LogP contribution in [0.15, 0.2) is 36.8 Å². The number of hydrogen-bond acceptors (Lipinski definition) is 4. The molecule has 0 aliphatic carbocycles. The third kappa shape index (κ3) is 3.62. The molecule has 3 aliphatic heterocycles. The molecule has 0 saturated carbocycles. The van der Waals surface area contributed by atoms with Gasteiger partial charge in [-0.1, -0.05) is 12.1 Å². The van der Waals surface area contributed by atoms with Crippen molar-refractivity contribution < 1.29 is 9.53 Å². The van der Waals surface area contributed by atoms with E-state index < -0.39 is 0 Å². The van der Waals surface area contributed by atoms with Crippen LogP contribution in [0.5, 0.6) is 5.75 Å². The Kier molecular flexibility index (Phi) is 5.27. The number of fused-ring (bicyclic) bond motifs is 4. The molecule has 6 nitrogen and oxygen atoms in total. The van der Waals surface area contributed by atoms with Crippen LogP contribution in [0.3, 0.4) is 0 Å². The molecule has 0 spiro atoms. The van der Waals surface area contributed by atoms with Gasteiger partial charge in [-0.25, -0.2) is 4.98 Å². The highest BCUT2D eigenvalue weighted by Crippen LogP contribution is 2.43. The standard InChI is InChI=1S/C24H32N4O2/c1-26-16-25-12-20(26)15-27-13-18-11-19(14-27)23(28-22(18)7-4-8-24(28)29)10-17-5-3-6-21(9-17)30-2/h3,5-6,9,12,16,18-19,22-23H,4,7-8,10-11,13-15H2,1-2H3/t18-,19+,22+,23+/m1/s1. The number of benzene rings is 1. The molecule has 2 aromatic rings. The normalized spacial score (nSPS) is 29.0. The number of methoxy groups -OCH3 is 1. The lowest BCUT2D eigenvalue weighted by Crippen LogP contribution is -2.65. The molecule has 5 rings (SSSR count). The Labute approximate surface area is 178 Å². The fourth-order valence-corrected chi connectivity index (χ4v) is 6.07. The van der Waals surface area contributed by atoms with Crippen molar-refractivity contribution in [3.8, 4) is 5.75 Å². The summed E-state index contributed by atoms with van der Waals surface area (Å²) in [5.74, 6) is 2.36. The van der Waals surface area contributed by atoms with E-state index in [4.69, 9.17) is 4.74 Å². The van der Waals surface area contributed by atoms with E-state index >= 15 is 0 Å². The maximum absolute atomic E-state index is 13.0.